The van der Waals surface area contributed by atoms with Crippen molar-refractivity contribution in [1.82, 2.24) is 20.2 Å². The number of benzene rings is 2. The van der Waals surface area contributed by atoms with Crippen LogP contribution in [-0.2, 0) is 11.3 Å². The fraction of sp³-hybridized carbons (Fsp3) is 0.176. The van der Waals surface area contributed by atoms with Crippen molar-refractivity contribution < 1.29 is 9.18 Å². The van der Waals surface area contributed by atoms with E-state index in [0.29, 0.717) is 11.7 Å². The summed E-state index contributed by atoms with van der Waals surface area (Å²) in [5.41, 5.74) is 1.12. The number of nitrogens with zero attached hydrogens (tertiary/aromatic N) is 4. The maximum absolute atomic E-state index is 13.8. The van der Waals surface area contributed by atoms with Gasteiger partial charge in [-0.15, -0.1) is 5.10 Å². The number of amides is 1. The third-order valence-electron chi connectivity index (χ3n) is 3.51. The summed E-state index contributed by atoms with van der Waals surface area (Å²) in [6.45, 7) is 2.20. The van der Waals surface area contributed by atoms with Crippen molar-refractivity contribution in [3.8, 4) is 0 Å². The van der Waals surface area contributed by atoms with E-state index >= 15 is 0 Å². The lowest BCUT2D eigenvalue weighted by Gasteiger charge is -2.12. The van der Waals surface area contributed by atoms with Crippen LogP contribution >= 0.6 is 23.4 Å². The van der Waals surface area contributed by atoms with Gasteiger partial charge in [-0.2, -0.15) is 0 Å². The van der Waals surface area contributed by atoms with E-state index in [-0.39, 0.29) is 16.6 Å². The topological polar surface area (TPSA) is 72.7 Å². The Kier molecular flexibility index (Phi) is 5.85. The van der Waals surface area contributed by atoms with Gasteiger partial charge in [0.1, 0.15) is 5.82 Å². The summed E-state index contributed by atoms with van der Waals surface area (Å²) in [7, 11) is 0. The molecule has 3 rings (SSSR count). The molecular formula is C17H15ClFN5OS. The molecule has 134 valence electrons. The van der Waals surface area contributed by atoms with Gasteiger partial charge in [-0.1, -0.05) is 53.7 Å². The molecule has 1 unspecified atom stereocenters. The molecule has 2 aromatic carbocycles. The van der Waals surface area contributed by atoms with Crippen LogP contribution in [0.15, 0.2) is 53.7 Å². The number of carbonyl (C=O) groups is 1. The van der Waals surface area contributed by atoms with Gasteiger partial charge in [-0.3, -0.25) is 4.79 Å². The zero-order valence-corrected chi connectivity index (χ0v) is 15.3. The molecule has 1 atom stereocenters. The van der Waals surface area contributed by atoms with Gasteiger partial charge in [-0.05, 0) is 41.1 Å². The Morgan fingerprint density at radius 2 is 2.08 bits per heavy atom. The lowest BCUT2D eigenvalue weighted by Crippen LogP contribution is -2.23. The van der Waals surface area contributed by atoms with Crippen molar-refractivity contribution in [3.63, 3.8) is 0 Å². The standard InChI is InChI=1S/C17H15ClFN5OS/c1-11(16(25)20-15-8-7-13(18)9-14(15)19)26-17-21-22-23-24(17)10-12-5-3-2-4-6-12/h2-9,11H,10H2,1H3,(H,20,25). The molecule has 0 saturated heterocycles. The smallest absolute Gasteiger partial charge is 0.237 e. The first kappa shape index (κ1) is 18.3. The van der Waals surface area contributed by atoms with Crippen LogP contribution in [0, 0.1) is 5.82 Å². The molecule has 0 radical (unpaired) electrons. The number of rotatable bonds is 6. The summed E-state index contributed by atoms with van der Waals surface area (Å²) in [5, 5.41) is 14.4. The lowest BCUT2D eigenvalue weighted by atomic mass is 10.2. The van der Waals surface area contributed by atoms with E-state index in [9.17, 15) is 9.18 Å². The van der Waals surface area contributed by atoms with E-state index < -0.39 is 11.1 Å². The summed E-state index contributed by atoms with van der Waals surface area (Å²) >= 11 is 6.91. The third kappa shape index (κ3) is 4.59. The summed E-state index contributed by atoms with van der Waals surface area (Å²) < 4.78 is 15.4. The highest BCUT2D eigenvalue weighted by Gasteiger charge is 2.20. The number of hydrogen-bond acceptors (Lipinski definition) is 5. The van der Waals surface area contributed by atoms with Crippen molar-refractivity contribution in [3.05, 3.63) is 64.9 Å². The Morgan fingerprint density at radius 3 is 2.81 bits per heavy atom. The van der Waals surface area contributed by atoms with Gasteiger partial charge in [0.05, 0.1) is 17.5 Å². The highest BCUT2D eigenvalue weighted by atomic mass is 35.5. The van der Waals surface area contributed by atoms with Crippen molar-refractivity contribution in [1.29, 1.82) is 0 Å². The van der Waals surface area contributed by atoms with Crippen LogP contribution in [0.2, 0.25) is 5.02 Å². The molecule has 1 heterocycles. The van der Waals surface area contributed by atoms with Gasteiger partial charge < -0.3 is 5.32 Å². The molecule has 0 aliphatic rings. The Hall–Kier alpha value is -2.45. The Labute approximate surface area is 158 Å². The van der Waals surface area contributed by atoms with E-state index in [4.69, 9.17) is 11.6 Å². The molecule has 6 nitrogen and oxygen atoms in total. The number of nitrogens with one attached hydrogen (secondary N) is 1. The molecule has 1 amide bonds. The minimum atomic E-state index is -0.586. The van der Waals surface area contributed by atoms with Crippen LogP contribution in [0.25, 0.3) is 0 Å². The Balaban J connectivity index is 1.65. The van der Waals surface area contributed by atoms with E-state index in [0.717, 1.165) is 11.6 Å². The first-order valence-electron chi connectivity index (χ1n) is 7.75. The van der Waals surface area contributed by atoms with Gasteiger partial charge in [-0.25, -0.2) is 9.07 Å². The van der Waals surface area contributed by atoms with Crippen LogP contribution in [-0.4, -0.2) is 31.4 Å². The molecule has 1 aromatic heterocycles. The number of aromatic nitrogens is 4. The molecular weight excluding hydrogens is 377 g/mol. The van der Waals surface area contributed by atoms with Gasteiger partial charge in [0.15, 0.2) is 0 Å². The first-order chi connectivity index (χ1) is 12.5. The summed E-state index contributed by atoms with van der Waals surface area (Å²) in [5.74, 6) is -0.942. The molecule has 0 saturated carbocycles. The van der Waals surface area contributed by atoms with E-state index in [1.807, 2.05) is 30.3 Å². The zero-order valence-electron chi connectivity index (χ0n) is 13.8. The minimum Gasteiger partial charge on any atom is -0.323 e. The molecule has 0 fully saturated rings. The molecule has 3 aromatic rings. The second kappa shape index (κ2) is 8.29. The second-order valence-electron chi connectivity index (χ2n) is 5.48. The van der Waals surface area contributed by atoms with Crippen LogP contribution in [0.3, 0.4) is 0 Å². The normalized spacial score (nSPS) is 12.0. The van der Waals surface area contributed by atoms with Crippen LogP contribution in [0.1, 0.15) is 12.5 Å². The van der Waals surface area contributed by atoms with Gasteiger partial charge in [0.2, 0.25) is 11.1 Å². The number of thioether (sulfide) groups is 1. The number of anilines is 1. The van der Waals surface area contributed by atoms with Gasteiger partial charge >= 0.3 is 0 Å². The van der Waals surface area contributed by atoms with E-state index in [2.05, 4.69) is 20.8 Å². The molecule has 26 heavy (non-hydrogen) atoms. The maximum Gasteiger partial charge on any atom is 0.237 e. The third-order valence-corrected chi connectivity index (χ3v) is 4.82. The molecule has 0 bridgehead atoms. The van der Waals surface area contributed by atoms with Gasteiger partial charge in [0.25, 0.3) is 0 Å². The van der Waals surface area contributed by atoms with Crippen LogP contribution < -0.4 is 5.32 Å². The number of carbonyl (C=O) groups excluding carboxylic acids is 1. The van der Waals surface area contributed by atoms with Crippen LogP contribution in [0.4, 0.5) is 10.1 Å². The Morgan fingerprint density at radius 1 is 1.31 bits per heavy atom. The number of halogens is 2. The monoisotopic (exact) mass is 391 g/mol. The SMILES string of the molecule is CC(Sc1nnnn1Cc1ccccc1)C(=O)Nc1ccc(Cl)cc1F. The predicted octanol–water partition coefficient (Wildman–Crippen LogP) is 3.63. The van der Waals surface area contributed by atoms with Crippen molar-refractivity contribution in [2.45, 2.75) is 23.9 Å². The Bertz CT molecular complexity index is 905. The zero-order chi connectivity index (χ0) is 18.5. The maximum atomic E-state index is 13.8. The fourth-order valence-electron chi connectivity index (χ4n) is 2.17. The lowest BCUT2D eigenvalue weighted by molar-refractivity contribution is -0.115. The summed E-state index contributed by atoms with van der Waals surface area (Å²) in [4.78, 5) is 12.3. The second-order valence-corrected chi connectivity index (χ2v) is 7.22. The molecule has 1 N–H and O–H groups in total. The number of hydrogen-bond donors (Lipinski definition) is 1. The minimum absolute atomic E-state index is 0.0794. The largest absolute Gasteiger partial charge is 0.323 e. The molecule has 0 spiro atoms. The first-order valence-corrected chi connectivity index (χ1v) is 9.01. The van der Waals surface area contributed by atoms with E-state index in [1.54, 1.807) is 11.6 Å². The fourth-order valence-corrected chi connectivity index (χ4v) is 3.12. The highest BCUT2D eigenvalue weighted by molar-refractivity contribution is 8.00. The number of tetrazole rings is 1. The van der Waals surface area contributed by atoms with Gasteiger partial charge in [0, 0.05) is 5.02 Å². The summed E-state index contributed by atoms with van der Waals surface area (Å²) in [6, 6.07) is 13.8. The van der Waals surface area contributed by atoms with E-state index in [1.165, 1.54) is 23.9 Å². The van der Waals surface area contributed by atoms with Crippen molar-refractivity contribution in [2.75, 3.05) is 5.32 Å². The van der Waals surface area contributed by atoms with Crippen molar-refractivity contribution in [2.24, 2.45) is 0 Å². The predicted molar refractivity (Wildman–Crippen MR) is 98.7 cm³/mol. The average Bonchev–Trinajstić information content (AvgIpc) is 3.05. The average molecular weight is 392 g/mol. The highest BCUT2D eigenvalue weighted by Crippen LogP contribution is 2.24. The quantitative estimate of drug-likeness (QED) is 0.649. The molecule has 0 aliphatic carbocycles. The molecule has 0 aliphatic heterocycles. The molecule has 9 heteroatoms. The summed E-state index contributed by atoms with van der Waals surface area (Å²) in [6.07, 6.45) is 0. The van der Waals surface area contributed by atoms with Crippen LogP contribution in [0.5, 0.6) is 0 Å². The van der Waals surface area contributed by atoms with Crippen molar-refractivity contribution >= 4 is 35.0 Å².